The van der Waals surface area contributed by atoms with Crippen molar-refractivity contribution in [2.45, 2.75) is 6.54 Å². The van der Waals surface area contributed by atoms with Crippen LogP contribution in [-0.4, -0.2) is 59.9 Å². The Kier molecular flexibility index (Phi) is 5.23. The van der Waals surface area contributed by atoms with E-state index in [1.54, 1.807) is 7.11 Å². The lowest BCUT2D eigenvalue weighted by molar-refractivity contribution is 0.148. The zero-order valence-corrected chi connectivity index (χ0v) is 16.0. The number of nitrogens with zero attached hydrogens (tertiary/aromatic N) is 4. The van der Waals surface area contributed by atoms with Crippen LogP contribution in [0.3, 0.4) is 0 Å². The summed E-state index contributed by atoms with van der Waals surface area (Å²) in [5, 5.41) is 4.93. The molecule has 0 amide bonds. The van der Waals surface area contributed by atoms with E-state index in [0.29, 0.717) is 0 Å². The quantitative estimate of drug-likeness (QED) is 0.697. The summed E-state index contributed by atoms with van der Waals surface area (Å²) < 4.78 is 7.29. The molecule has 0 atom stereocenters. The molecule has 4 rings (SSSR count). The molecule has 1 aliphatic rings. The number of aromatic nitrogens is 2. The van der Waals surface area contributed by atoms with Gasteiger partial charge in [0.2, 0.25) is 0 Å². The molecule has 1 aliphatic heterocycles. The number of likely N-dealkylation sites (N-methyl/N-ethyl adjacent to an activating group) is 1. The SMILES string of the molecule is COc1ccc(-c2nn(-c3ccccc3)cc2CN2CCN(C)CC2)cc1. The Morgan fingerprint density at radius 3 is 2.30 bits per heavy atom. The number of piperazine rings is 1. The minimum atomic E-state index is 0.863. The van der Waals surface area contributed by atoms with Gasteiger partial charge >= 0.3 is 0 Å². The Balaban J connectivity index is 1.67. The third-order valence-corrected chi connectivity index (χ3v) is 5.16. The highest BCUT2D eigenvalue weighted by Crippen LogP contribution is 2.27. The van der Waals surface area contributed by atoms with E-state index >= 15 is 0 Å². The molecule has 5 heteroatoms. The van der Waals surface area contributed by atoms with Crippen molar-refractivity contribution in [1.29, 1.82) is 0 Å². The van der Waals surface area contributed by atoms with Crippen LogP contribution in [0.15, 0.2) is 60.8 Å². The van der Waals surface area contributed by atoms with Crippen molar-refractivity contribution in [1.82, 2.24) is 19.6 Å². The van der Waals surface area contributed by atoms with E-state index in [4.69, 9.17) is 9.84 Å². The lowest BCUT2D eigenvalue weighted by atomic mass is 10.1. The maximum atomic E-state index is 5.30. The predicted molar refractivity (Wildman–Crippen MR) is 108 cm³/mol. The number of rotatable bonds is 5. The highest BCUT2D eigenvalue weighted by Gasteiger charge is 2.18. The summed E-state index contributed by atoms with van der Waals surface area (Å²) in [5.41, 5.74) is 4.50. The molecule has 0 N–H and O–H groups in total. The lowest BCUT2D eigenvalue weighted by Crippen LogP contribution is -2.43. The Hall–Kier alpha value is -2.63. The smallest absolute Gasteiger partial charge is 0.118 e. The van der Waals surface area contributed by atoms with Gasteiger partial charge in [-0.1, -0.05) is 18.2 Å². The summed E-state index contributed by atoms with van der Waals surface area (Å²) in [4.78, 5) is 4.90. The monoisotopic (exact) mass is 362 g/mol. The fourth-order valence-electron chi connectivity index (χ4n) is 3.48. The molecule has 1 fully saturated rings. The largest absolute Gasteiger partial charge is 0.497 e. The van der Waals surface area contributed by atoms with Crippen molar-refractivity contribution in [3.05, 3.63) is 66.4 Å². The van der Waals surface area contributed by atoms with Crippen molar-refractivity contribution in [2.24, 2.45) is 0 Å². The van der Waals surface area contributed by atoms with Crippen LogP contribution >= 0.6 is 0 Å². The first kappa shape index (κ1) is 17.8. The van der Waals surface area contributed by atoms with Crippen molar-refractivity contribution in [3.8, 4) is 22.7 Å². The minimum Gasteiger partial charge on any atom is -0.497 e. The van der Waals surface area contributed by atoms with Gasteiger partial charge in [-0.2, -0.15) is 5.10 Å². The highest BCUT2D eigenvalue weighted by atomic mass is 16.5. The maximum Gasteiger partial charge on any atom is 0.118 e. The topological polar surface area (TPSA) is 33.5 Å². The third kappa shape index (κ3) is 4.04. The zero-order chi connectivity index (χ0) is 18.6. The van der Waals surface area contributed by atoms with E-state index in [9.17, 15) is 0 Å². The van der Waals surface area contributed by atoms with Gasteiger partial charge in [-0.15, -0.1) is 0 Å². The van der Waals surface area contributed by atoms with Gasteiger partial charge in [0, 0.05) is 50.0 Å². The van der Waals surface area contributed by atoms with Crippen molar-refractivity contribution >= 4 is 0 Å². The van der Waals surface area contributed by atoms with E-state index in [1.165, 1.54) is 5.56 Å². The van der Waals surface area contributed by atoms with E-state index < -0.39 is 0 Å². The summed E-state index contributed by atoms with van der Waals surface area (Å²) in [6.45, 7) is 5.33. The van der Waals surface area contributed by atoms with E-state index in [0.717, 1.165) is 55.4 Å². The van der Waals surface area contributed by atoms with Crippen molar-refractivity contribution < 1.29 is 4.74 Å². The van der Waals surface area contributed by atoms with Gasteiger partial charge in [-0.3, -0.25) is 4.90 Å². The summed E-state index contributed by atoms with van der Waals surface area (Å²) in [6.07, 6.45) is 2.17. The predicted octanol–water partition coefficient (Wildman–Crippen LogP) is 3.30. The second kappa shape index (κ2) is 7.94. The molecule has 5 nitrogen and oxygen atoms in total. The summed E-state index contributed by atoms with van der Waals surface area (Å²) in [7, 11) is 3.88. The van der Waals surface area contributed by atoms with Gasteiger partial charge < -0.3 is 9.64 Å². The Morgan fingerprint density at radius 1 is 0.926 bits per heavy atom. The molecule has 2 aromatic carbocycles. The normalized spacial score (nSPS) is 15.8. The number of methoxy groups -OCH3 is 1. The molecule has 0 saturated carbocycles. The third-order valence-electron chi connectivity index (χ3n) is 5.16. The molecular formula is C22H26N4O. The van der Waals surface area contributed by atoms with Gasteiger partial charge in [0.1, 0.15) is 5.75 Å². The van der Waals surface area contributed by atoms with Gasteiger partial charge in [0.05, 0.1) is 18.5 Å². The Bertz CT molecular complexity index is 865. The molecule has 1 aromatic heterocycles. The molecule has 3 aromatic rings. The molecule has 140 valence electrons. The number of para-hydroxylation sites is 1. The van der Waals surface area contributed by atoms with Gasteiger partial charge in [0.25, 0.3) is 0 Å². The molecule has 0 radical (unpaired) electrons. The van der Waals surface area contributed by atoms with E-state index in [-0.39, 0.29) is 0 Å². The van der Waals surface area contributed by atoms with Crippen LogP contribution in [0.4, 0.5) is 0 Å². The van der Waals surface area contributed by atoms with Crippen LogP contribution in [-0.2, 0) is 6.54 Å². The highest BCUT2D eigenvalue weighted by molar-refractivity contribution is 5.64. The first-order chi connectivity index (χ1) is 13.2. The Morgan fingerprint density at radius 2 is 1.63 bits per heavy atom. The summed E-state index contributed by atoms with van der Waals surface area (Å²) in [5.74, 6) is 0.863. The van der Waals surface area contributed by atoms with Crippen molar-refractivity contribution in [2.75, 3.05) is 40.3 Å². The summed E-state index contributed by atoms with van der Waals surface area (Å²) >= 11 is 0. The molecule has 2 heterocycles. The van der Waals surface area contributed by atoms with Crippen LogP contribution < -0.4 is 4.74 Å². The molecule has 0 aliphatic carbocycles. The van der Waals surface area contributed by atoms with Crippen LogP contribution in [0.5, 0.6) is 5.75 Å². The number of benzene rings is 2. The fraction of sp³-hybridized carbons (Fsp3) is 0.318. The lowest BCUT2D eigenvalue weighted by Gasteiger charge is -2.32. The average Bonchev–Trinajstić information content (AvgIpc) is 3.14. The number of hydrogen-bond acceptors (Lipinski definition) is 4. The molecular weight excluding hydrogens is 336 g/mol. The summed E-state index contributed by atoms with van der Waals surface area (Å²) in [6, 6.07) is 18.5. The first-order valence-corrected chi connectivity index (χ1v) is 9.42. The zero-order valence-electron chi connectivity index (χ0n) is 16.0. The van der Waals surface area contributed by atoms with Gasteiger partial charge in [-0.05, 0) is 43.4 Å². The van der Waals surface area contributed by atoms with Crippen molar-refractivity contribution in [3.63, 3.8) is 0 Å². The molecule has 0 bridgehead atoms. The fourth-order valence-corrected chi connectivity index (χ4v) is 3.48. The number of ether oxygens (including phenoxy) is 1. The standard InChI is InChI=1S/C22H26N4O/c1-24-12-14-25(15-13-24)16-19-17-26(20-6-4-3-5-7-20)23-22(19)18-8-10-21(27-2)11-9-18/h3-11,17H,12-16H2,1-2H3. The van der Waals surface area contributed by atoms with E-state index in [2.05, 4.69) is 47.3 Å². The average molecular weight is 362 g/mol. The van der Waals surface area contributed by atoms with Gasteiger partial charge in [-0.25, -0.2) is 4.68 Å². The van der Waals surface area contributed by atoms with E-state index in [1.807, 2.05) is 35.0 Å². The first-order valence-electron chi connectivity index (χ1n) is 9.42. The van der Waals surface area contributed by atoms with Crippen LogP contribution in [0.1, 0.15) is 5.56 Å². The van der Waals surface area contributed by atoms with Gasteiger partial charge in [0.15, 0.2) is 0 Å². The second-order valence-electron chi connectivity index (χ2n) is 7.09. The molecule has 0 unspecified atom stereocenters. The molecule has 1 saturated heterocycles. The minimum absolute atomic E-state index is 0.863. The van der Waals surface area contributed by atoms with Crippen LogP contribution in [0, 0.1) is 0 Å². The second-order valence-corrected chi connectivity index (χ2v) is 7.09. The molecule has 0 spiro atoms. The van der Waals surface area contributed by atoms with Crippen LogP contribution in [0.25, 0.3) is 16.9 Å². The Labute approximate surface area is 160 Å². The maximum absolute atomic E-state index is 5.30. The van der Waals surface area contributed by atoms with Crippen LogP contribution in [0.2, 0.25) is 0 Å². The number of hydrogen-bond donors (Lipinski definition) is 0. The molecule has 27 heavy (non-hydrogen) atoms.